The molecule has 0 saturated heterocycles. The molecule has 0 rings (SSSR count). The van der Waals surface area contributed by atoms with Gasteiger partial charge in [-0.1, -0.05) is 20.8 Å². The van der Waals surface area contributed by atoms with E-state index in [2.05, 4.69) is 5.32 Å². The molecule has 0 spiro atoms. The predicted molar refractivity (Wildman–Crippen MR) is 48.9 cm³/mol. The molecule has 0 aromatic rings. The van der Waals surface area contributed by atoms with Gasteiger partial charge in [-0.3, -0.25) is 4.79 Å². The highest BCUT2D eigenvalue weighted by Crippen LogP contribution is 2.10. The molecule has 0 heterocycles. The molecule has 0 amide bonds. The molecule has 0 aliphatic rings. The highest BCUT2D eigenvalue weighted by molar-refractivity contribution is 5.72. The summed E-state index contributed by atoms with van der Waals surface area (Å²) >= 11 is 0. The van der Waals surface area contributed by atoms with Crippen LogP contribution in [0.1, 0.15) is 20.8 Å². The summed E-state index contributed by atoms with van der Waals surface area (Å²) in [7, 11) is 1.43. The summed E-state index contributed by atoms with van der Waals surface area (Å²) in [6, 6.07) is 0. The van der Waals surface area contributed by atoms with E-state index in [4.69, 9.17) is 4.74 Å². The second-order valence-corrected chi connectivity index (χ2v) is 3.18. The van der Waals surface area contributed by atoms with E-state index in [0.29, 0.717) is 12.5 Å². The monoisotopic (exact) mass is 173 g/mol. The molecule has 3 nitrogen and oxygen atoms in total. The van der Waals surface area contributed by atoms with E-state index in [-0.39, 0.29) is 11.9 Å². The predicted octanol–water partition coefficient (Wildman–Crippen LogP) is 1.04. The third-order valence-electron chi connectivity index (χ3n) is 1.92. The molecule has 0 aliphatic heterocycles. The summed E-state index contributed by atoms with van der Waals surface area (Å²) in [5.41, 5.74) is 0. The molecule has 0 aromatic heterocycles. The van der Waals surface area contributed by atoms with Crippen molar-refractivity contribution >= 4 is 5.97 Å². The van der Waals surface area contributed by atoms with E-state index in [1.165, 1.54) is 7.11 Å². The topological polar surface area (TPSA) is 38.3 Å². The largest absolute Gasteiger partial charge is 0.469 e. The second kappa shape index (κ2) is 6.00. The van der Waals surface area contributed by atoms with Crippen molar-refractivity contribution < 1.29 is 9.53 Å². The summed E-state index contributed by atoms with van der Waals surface area (Å²) < 4.78 is 4.69. The van der Waals surface area contributed by atoms with Crippen molar-refractivity contribution in [3.05, 3.63) is 0 Å². The summed E-state index contributed by atoms with van der Waals surface area (Å²) in [5, 5.41) is 3.14. The molecule has 12 heavy (non-hydrogen) atoms. The molecule has 0 aromatic carbocycles. The van der Waals surface area contributed by atoms with Gasteiger partial charge in [0.2, 0.25) is 0 Å². The number of hydrogen-bond acceptors (Lipinski definition) is 3. The quantitative estimate of drug-likeness (QED) is 0.631. The summed E-state index contributed by atoms with van der Waals surface area (Å²) in [6.45, 7) is 7.67. The Bertz CT molecular complexity index is 134. The van der Waals surface area contributed by atoms with Crippen LogP contribution >= 0.6 is 0 Å². The minimum atomic E-state index is -0.119. The molecule has 1 atom stereocenters. The molecule has 0 radical (unpaired) electrons. The van der Waals surface area contributed by atoms with Gasteiger partial charge in [-0.15, -0.1) is 0 Å². The van der Waals surface area contributed by atoms with Gasteiger partial charge < -0.3 is 10.1 Å². The van der Waals surface area contributed by atoms with E-state index < -0.39 is 0 Å². The fraction of sp³-hybridized carbons (Fsp3) is 0.889. The minimum Gasteiger partial charge on any atom is -0.469 e. The van der Waals surface area contributed by atoms with E-state index in [1.54, 1.807) is 0 Å². The Balaban J connectivity index is 3.95. The van der Waals surface area contributed by atoms with Crippen LogP contribution in [0.5, 0.6) is 0 Å². The molecule has 72 valence electrons. The molecule has 1 unspecified atom stereocenters. The smallest absolute Gasteiger partial charge is 0.310 e. The van der Waals surface area contributed by atoms with Gasteiger partial charge in [0.1, 0.15) is 0 Å². The van der Waals surface area contributed by atoms with Crippen molar-refractivity contribution in [1.82, 2.24) is 5.32 Å². The van der Waals surface area contributed by atoms with Crippen LogP contribution in [-0.2, 0) is 9.53 Å². The lowest BCUT2D eigenvalue weighted by atomic mass is 9.96. The summed E-state index contributed by atoms with van der Waals surface area (Å²) in [4.78, 5) is 11.2. The Labute approximate surface area is 74.5 Å². The van der Waals surface area contributed by atoms with Crippen LogP contribution in [0.25, 0.3) is 0 Å². The first-order valence-corrected chi connectivity index (χ1v) is 4.42. The van der Waals surface area contributed by atoms with Crippen LogP contribution in [0.15, 0.2) is 0 Å². The number of esters is 1. The standard InChI is InChI=1S/C9H19NO2/c1-5-10-6-8(7(2)3)9(11)12-4/h7-8,10H,5-6H2,1-4H3. The fourth-order valence-corrected chi connectivity index (χ4v) is 1.04. The molecule has 0 bridgehead atoms. The van der Waals surface area contributed by atoms with Gasteiger partial charge in [0.25, 0.3) is 0 Å². The molecule has 0 fully saturated rings. The van der Waals surface area contributed by atoms with Crippen LogP contribution in [0.2, 0.25) is 0 Å². The van der Waals surface area contributed by atoms with Gasteiger partial charge >= 0.3 is 5.97 Å². The Kier molecular flexibility index (Phi) is 5.72. The SMILES string of the molecule is CCNCC(C(=O)OC)C(C)C. The zero-order valence-corrected chi connectivity index (χ0v) is 8.39. The van der Waals surface area contributed by atoms with Crippen LogP contribution in [-0.4, -0.2) is 26.2 Å². The number of ether oxygens (including phenoxy) is 1. The van der Waals surface area contributed by atoms with Crippen LogP contribution in [0.4, 0.5) is 0 Å². The van der Waals surface area contributed by atoms with E-state index in [0.717, 1.165) is 6.54 Å². The lowest BCUT2D eigenvalue weighted by molar-refractivity contribution is -0.146. The first kappa shape index (κ1) is 11.4. The maximum atomic E-state index is 11.2. The van der Waals surface area contributed by atoms with Crippen molar-refractivity contribution in [3.63, 3.8) is 0 Å². The normalized spacial score (nSPS) is 13.1. The average Bonchev–Trinajstić information content (AvgIpc) is 2.04. The maximum Gasteiger partial charge on any atom is 0.310 e. The lowest BCUT2D eigenvalue weighted by Crippen LogP contribution is -2.32. The number of methoxy groups -OCH3 is 1. The molecule has 1 N–H and O–H groups in total. The highest BCUT2D eigenvalue weighted by Gasteiger charge is 2.21. The number of nitrogens with one attached hydrogen (secondary N) is 1. The van der Waals surface area contributed by atoms with Gasteiger partial charge in [-0.05, 0) is 12.5 Å². The average molecular weight is 173 g/mol. The Morgan fingerprint density at radius 3 is 2.42 bits per heavy atom. The van der Waals surface area contributed by atoms with Crippen molar-refractivity contribution in [3.8, 4) is 0 Å². The van der Waals surface area contributed by atoms with Crippen molar-refractivity contribution in [2.45, 2.75) is 20.8 Å². The summed E-state index contributed by atoms with van der Waals surface area (Å²) in [5.74, 6) is 0.192. The number of carbonyl (C=O) groups excluding carboxylic acids is 1. The molecular weight excluding hydrogens is 154 g/mol. The number of carbonyl (C=O) groups is 1. The zero-order valence-electron chi connectivity index (χ0n) is 8.39. The first-order chi connectivity index (χ1) is 5.63. The first-order valence-electron chi connectivity index (χ1n) is 4.42. The molecular formula is C9H19NO2. The third kappa shape index (κ3) is 3.72. The molecule has 0 saturated carbocycles. The van der Waals surface area contributed by atoms with Crippen LogP contribution in [0.3, 0.4) is 0 Å². The Morgan fingerprint density at radius 1 is 1.50 bits per heavy atom. The number of rotatable bonds is 5. The summed E-state index contributed by atoms with van der Waals surface area (Å²) in [6.07, 6.45) is 0. The highest BCUT2D eigenvalue weighted by atomic mass is 16.5. The van der Waals surface area contributed by atoms with Crippen molar-refractivity contribution in [2.24, 2.45) is 11.8 Å². The van der Waals surface area contributed by atoms with Crippen molar-refractivity contribution in [2.75, 3.05) is 20.2 Å². The Morgan fingerprint density at radius 2 is 2.08 bits per heavy atom. The van der Waals surface area contributed by atoms with Gasteiger partial charge in [-0.25, -0.2) is 0 Å². The number of hydrogen-bond donors (Lipinski definition) is 1. The van der Waals surface area contributed by atoms with Gasteiger partial charge in [0.15, 0.2) is 0 Å². The van der Waals surface area contributed by atoms with Gasteiger partial charge in [-0.2, -0.15) is 0 Å². The Hall–Kier alpha value is -0.570. The van der Waals surface area contributed by atoms with Crippen LogP contribution < -0.4 is 5.32 Å². The molecule has 0 aliphatic carbocycles. The van der Waals surface area contributed by atoms with Crippen molar-refractivity contribution in [1.29, 1.82) is 0 Å². The maximum absolute atomic E-state index is 11.2. The second-order valence-electron chi connectivity index (χ2n) is 3.18. The van der Waals surface area contributed by atoms with Crippen LogP contribution in [0, 0.1) is 11.8 Å². The van der Waals surface area contributed by atoms with E-state index in [1.807, 2.05) is 20.8 Å². The van der Waals surface area contributed by atoms with Gasteiger partial charge in [0.05, 0.1) is 13.0 Å². The fourth-order valence-electron chi connectivity index (χ4n) is 1.04. The lowest BCUT2D eigenvalue weighted by Gasteiger charge is -2.17. The third-order valence-corrected chi connectivity index (χ3v) is 1.92. The molecule has 3 heteroatoms. The minimum absolute atomic E-state index is 0.0186. The zero-order chi connectivity index (χ0) is 9.56. The van der Waals surface area contributed by atoms with Gasteiger partial charge in [0, 0.05) is 6.54 Å². The van der Waals surface area contributed by atoms with E-state index in [9.17, 15) is 4.79 Å². The van der Waals surface area contributed by atoms with E-state index >= 15 is 0 Å².